The van der Waals surface area contributed by atoms with Crippen molar-refractivity contribution in [3.63, 3.8) is 0 Å². The Bertz CT molecular complexity index is 864. The van der Waals surface area contributed by atoms with Crippen LogP contribution in [-0.2, 0) is 11.8 Å². The summed E-state index contributed by atoms with van der Waals surface area (Å²) < 4.78 is 8.05. The van der Waals surface area contributed by atoms with E-state index in [1.165, 1.54) is 18.4 Å². The van der Waals surface area contributed by atoms with Crippen LogP contribution >= 0.6 is 0 Å². The molecular weight excluding hydrogens is 364 g/mol. The number of piperidine rings is 1. The Balaban J connectivity index is 1.25. The number of fused-ring (bicyclic) bond motifs is 1. The lowest BCUT2D eigenvalue weighted by Gasteiger charge is -2.32. The molecule has 6 nitrogen and oxygen atoms in total. The number of oxime groups is 1. The van der Waals surface area contributed by atoms with Crippen molar-refractivity contribution in [3.05, 3.63) is 59.4 Å². The maximum atomic E-state index is 9.29. The highest BCUT2D eigenvalue weighted by Gasteiger charge is 2.23. The van der Waals surface area contributed by atoms with Crippen LogP contribution in [-0.4, -0.2) is 59.1 Å². The second-order valence-corrected chi connectivity index (χ2v) is 7.90. The van der Waals surface area contributed by atoms with E-state index in [0.717, 1.165) is 37.3 Å². The molecule has 0 atom stereocenters. The highest BCUT2D eigenvalue weighted by atomic mass is 16.5. The van der Waals surface area contributed by atoms with Crippen molar-refractivity contribution in [1.82, 2.24) is 9.47 Å². The number of ether oxygens (including phenoxy) is 1. The van der Waals surface area contributed by atoms with Crippen LogP contribution < -0.4 is 0 Å². The molecule has 0 unspecified atom stereocenters. The second kappa shape index (κ2) is 9.27. The molecule has 0 aliphatic carbocycles. The van der Waals surface area contributed by atoms with Crippen LogP contribution in [0.25, 0.3) is 0 Å². The monoisotopic (exact) mass is 394 g/mol. The summed E-state index contributed by atoms with van der Waals surface area (Å²) in [6.45, 7) is 4.58. The lowest BCUT2D eigenvalue weighted by Crippen LogP contribution is -2.34. The lowest BCUT2D eigenvalue weighted by atomic mass is 9.89. The summed E-state index contributed by atoms with van der Waals surface area (Å²) in [6.07, 6.45) is 6.02. The van der Waals surface area contributed by atoms with Gasteiger partial charge in [-0.05, 0) is 49.9 Å². The molecule has 1 aromatic heterocycles. The Hall–Kier alpha value is -2.60. The first-order valence-electron chi connectivity index (χ1n) is 10.6. The van der Waals surface area contributed by atoms with Crippen LogP contribution in [0.15, 0.2) is 52.7 Å². The van der Waals surface area contributed by atoms with E-state index in [2.05, 4.69) is 45.4 Å². The van der Waals surface area contributed by atoms with Gasteiger partial charge in [-0.2, -0.15) is 0 Å². The molecule has 0 spiro atoms. The average molecular weight is 395 g/mol. The Morgan fingerprint density at radius 3 is 2.72 bits per heavy atom. The predicted molar refractivity (Wildman–Crippen MR) is 115 cm³/mol. The fraction of sp³-hybridized carbons (Fsp3) is 0.478. The molecule has 1 aromatic carbocycles. The summed E-state index contributed by atoms with van der Waals surface area (Å²) in [4.78, 5) is 7.14. The molecule has 1 fully saturated rings. The summed E-state index contributed by atoms with van der Waals surface area (Å²) in [5, 5.41) is 12.7. The van der Waals surface area contributed by atoms with Crippen LogP contribution in [0, 0.1) is 0 Å². The number of likely N-dealkylation sites (tertiary alicyclic amines) is 1. The molecule has 0 radical (unpaired) electrons. The summed E-state index contributed by atoms with van der Waals surface area (Å²) in [6, 6.07) is 12.9. The number of hydrogen-bond acceptors (Lipinski definition) is 5. The van der Waals surface area contributed by atoms with Crippen molar-refractivity contribution >= 4 is 11.6 Å². The first kappa shape index (κ1) is 19.7. The Morgan fingerprint density at radius 1 is 1.17 bits per heavy atom. The van der Waals surface area contributed by atoms with E-state index >= 15 is 0 Å². The van der Waals surface area contributed by atoms with Gasteiger partial charge in [0.15, 0.2) is 0 Å². The molecule has 1 saturated heterocycles. The number of rotatable bonds is 5. The smallest absolute Gasteiger partial charge is 0.233 e. The van der Waals surface area contributed by atoms with Crippen LogP contribution in [0.5, 0.6) is 0 Å². The predicted octanol–water partition coefficient (Wildman–Crippen LogP) is 3.64. The van der Waals surface area contributed by atoms with E-state index in [-0.39, 0.29) is 0 Å². The van der Waals surface area contributed by atoms with Crippen LogP contribution in [0.3, 0.4) is 0 Å². The van der Waals surface area contributed by atoms with Gasteiger partial charge in [0, 0.05) is 38.3 Å². The number of aliphatic imine (C=N–C) groups is 1. The summed E-state index contributed by atoms with van der Waals surface area (Å²) >= 11 is 0. The first-order valence-corrected chi connectivity index (χ1v) is 10.6. The van der Waals surface area contributed by atoms with Gasteiger partial charge in [0.1, 0.15) is 5.69 Å². The summed E-state index contributed by atoms with van der Waals surface area (Å²) in [5.74, 6) is 1.36. The van der Waals surface area contributed by atoms with Crippen molar-refractivity contribution in [1.29, 1.82) is 0 Å². The van der Waals surface area contributed by atoms with Crippen molar-refractivity contribution < 1.29 is 9.94 Å². The summed E-state index contributed by atoms with van der Waals surface area (Å²) in [7, 11) is 1.97. The van der Waals surface area contributed by atoms with Gasteiger partial charge in [0.25, 0.3) is 0 Å². The first-order chi connectivity index (χ1) is 14.3. The van der Waals surface area contributed by atoms with Crippen LogP contribution in [0.1, 0.15) is 48.4 Å². The number of nitrogens with zero attached hydrogens (tertiary/aromatic N) is 4. The molecule has 2 aliphatic heterocycles. The maximum absolute atomic E-state index is 9.29. The topological polar surface area (TPSA) is 62.3 Å². The zero-order chi connectivity index (χ0) is 20.1. The third-order valence-corrected chi connectivity index (χ3v) is 6.03. The largest absolute Gasteiger partial charge is 0.476 e. The molecule has 0 amide bonds. The molecule has 3 heterocycles. The normalized spacial score (nSPS) is 19.6. The van der Waals surface area contributed by atoms with E-state index in [9.17, 15) is 5.21 Å². The maximum Gasteiger partial charge on any atom is 0.233 e. The van der Waals surface area contributed by atoms with Gasteiger partial charge in [-0.3, -0.25) is 0 Å². The van der Waals surface area contributed by atoms with E-state index in [0.29, 0.717) is 37.1 Å². The minimum absolute atomic E-state index is 0.580. The van der Waals surface area contributed by atoms with Gasteiger partial charge in [-0.1, -0.05) is 35.5 Å². The molecule has 0 saturated carbocycles. The SMILES string of the molecule is Cn1ccc2c1C(OCCCN1CCC(c3ccccc3)CC1)=NCC/C2=N\O. The number of hydrogen-bond donors (Lipinski definition) is 1. The Kier molecular flexibility index (Phi) is 6.30. The molecule has 1 N–H and O–H groups in total. The number of aryl methyl sites for hydroxylation is 1. The standard InChI is InChI=1S/C23H30N4O2/c1-26-14-11-20-21(25-28)8-12-24-23(22(20)26)29-17-5-13-27-15-9-19(10-16-27)18-6-3-2-4-7-18/h2-4,6-7,11,14,19,28H,5,8-10,12-13,15-17H2,1H3/b25-21+. The molecule has 2 aromatic rings. The Morgan fingerprint density at radius 2 is 1.97 bits per heavy atom. The molecule has 0 bridgehead atoms. The van der Waals surface area contributed by atoms with E-state index < -0.39 is 0 Å². The molecular formula is C23H30N4O2. The fourth-order valence-corrected chi connectivity index (χ4v) is 4.39. The molecule has 29 heavy (non-hydrogen) atoms. The fourth-order valence-electron chi connectivity index (χ4n) is 4.39. The van der Waals surface area contributed by atoms with E-state index in [1.54, 1.807) is 0 Å². The van der Waals surface area contributed by atoms with Crippen molar-refractivity contribution in [3.8, 4) is 0 Å². The minimum Gasteiger partial charge on any atom is -0.476 e. The van der Waals surface area contributed by atoms with Crippen molar-refractivity contribution in [2.24, 2.45) is 17.2 Å². The Labute approximate surface area is 172 Å². The van der Waals surface area contributed by atoms with Crippen molar-refractivity contribution in [2.45, 2.75) is 31.6 Å². The van der Waals surface area contributed by atoms with Crippen molar-refractivity contribution in [2.75, 3.05) is 32.8 Å². The highest BCUT2D eigenvalue weighted by molar-refractivity contribution is 6.10. The van der Waals surface area contributed by atoms with Gasteiger partial charge in [0.2, 0.25) is 5.90 Å². The minimum atomic E-state index is 0.580. The number of aromatic nitrogens is 1. The third kappa shape index (κ3) is 4.53. The number of benzene rings is 1. The summed E-state index contributed by atoms with van der Waals surface area (Å²) in [5.41, 5.74) is 3.96. The molecule has 154 valence electrons. The average Bonchev–Trinajstić information content (AvgIpc) is 3.05. The van der Waals surface area contributed by atoms with Gasteiger partial charge in [-0.15, -0.1) is 0 Å². The van der Waals surface area contributed by atoms with Gasteiger partial charge in [0.05, 0.1) is 12.3 Å². The zero-order valence-corrected chi connectivity index (χ0v) is 17.1. The quantitative estimate of drug-likeness (QED) is 0.478. The second-order valence-electron chi connectivity index (χ2n) is 7.90. The molecule has 4 rings (SSSR count). The highest BCUT2D eigenvalue weighted by Crippen LogP contribution is 2.27. The molecule has 6 heteroatoms. The molecule has 2 aliphatic rings. The van der Waals surface area contributed by atoms with Gasteiger partial charge in [-0.25, -0.2) is 4.99 Å². The van der Waals surface area contributed by atoms with Gasteiger partial charge >= 0.3 is 0 Å². The van der Waals surface area contributed by atoms with E-state index in [4.69, 9.17) is 4.74 Å². The van der Waals surface area contributed by atoms with Gasteiger partial charge < -0.3 is 19.4 Å². The van der Waals surface area contributed by atoms with Crippen LogP contribution in [0.4, 0.5) is 0 Å². The van der Waals surface area contributed by atoms with Crippen LogP contribution in [0.2, 0.25) is 0 Å². The zero-order valence-electron chi connectivity index (χ0n) is 17.1. The van der Waals surface area contributed by atoms with E-state index in [1.807, 2.05) is 23.9 Å². The lowest BCUT2D eigenvalue weighted by molar-refractivity contribution is 0.190. The third-order valence-electron chi connectivity index (χ3n) is 6.03.